The van der Waals surface area contributed by atoms with Gasteiger partial charge < -0.3 is 5.73 Å². The van der Waals surface area contributed by atoms with Crippen molar-refractivity contribution in [3.05, 3.63) is 39.0 Å². The van der Waals surface area contributed by atoms with Crippen molar-refractivity contribution in [1.82, 2.24) is 15.0 Å². The minimum absolute atomic E-state index is 0.145. The topological polar surface area (TPSA) is 99.9 Å². The number of benzene rings is 1. The molecule has 2 N–H and O–H groups in total. The van der Waals surface area contributed by atoms with Crippen LogP contribution in [0, 0.1) is 10.1 Å². The van der Waals surface area contributed by atoms with Gasteiger partial charge in [0, 0.05) is 16.5 Å². The molecule has 2 aromatic rings. The number of nitro groups is 1. The lowest BCUT2D eigenvalue weighted by Gasteiger charge is -2.20. The summed E-state index contributed by atoms with van der Waals surface area (Å²) in [5.41, 5.74) is 6.22. The molecule has 1 aromatic heterocycles. The minimum Gasteiger partial charge on any atom is -0.381 e. The van der Waals surface area contributed by atoms with Crippen molar-refractivity contribution in [2.45, 2.75) is 26.2 Å². The molecule has 0 bridgehead atoms. The maximum atomic E-state index is 11.2. The summed E-state index contributed by atoms with van der Waals surface area (Å²) < 4.78 is 1.39. The fraction of sp³-hybridized carbons (Fsp3) is 0.333. The molecule has 0 unspecified atom stereocenters. The zero-order valence-corrected chi connectivity index (χ0v) is 12.0. The molecule has 0 amide bonds. The number of halogens is 1. The molecule has 2 rings (SSSR count). The van der Waals surface area contributed by atoms with E-state index in [1.165, 1.54) is 16.8 Å². The van der Waals surface area contributed by atoms with Crippen LogP contribution in [0.4, 0.5) is 11.5 Å². The zero-order chi connectivity index (χ0) is 15.1. The van der Waals surface area contributed by atoms with Gasteiger partial charge in [0.1, 0.15) is 5.69 Å². The van der Waals surface area contributed by atoms with Crippen LogP contribution in [0.5, 0.6) is 0 Å². The molecule has 0 aliphatic heterocycles. The Hall–Kier alpha value is -2.15. The highest BCUT2D eigenvalue weighted by atomic mass is 35.5. The lowest BCUT2D eigenvalue weighted by Crippen LogP contribution is -2.19. The fourth-order valence-electron chi connectivity index (χ4n) is 1.99. The Morgan fingerprint density at radius 1 is 1.40 bits per heavy atom. The number of hydrogen-bond acceptors (Lipinski definition) is 5. The maximum Gasteiger partial charge on any atom is 0.296 e. The highest BCUT2D eigenvalue weighted by molar-refractivity contribution is 6.30. The Morgan fingerprint density at radius 2 is 2.05 bits per heavy atom. The van der Waals surface area contributed by atoms with Gasteiger partial charge in [0.2, 0.25) is 0 Å². The molecule has 0 aliphatic rings. The molecule has 0 aliphatic carbocycles. The van der Waals surface area contributed by atoms with Crippen LogP contribution >= 0.6 is 11.6 Å². The summed E-state index contributed by atoms with van der Waals surface area (Å²) in [6, 6.07) is 4.37. The summed E-state index contributed by atoms with van der Waals surface area (Å²) in [5.74, 6) is 0.252. The van der Waals surface area contributed by atoms with Crippen LogP contribution in [0.25, 0.3) is 5.69 Å². The standard InChI is InChI=1S/C12H14ClN5O2/c1-12(2,3)10-11(14)15-16-17(10)8-5-4-7(13)6-9(8)18(19)20/h4-6H,14H2,1-3H3. The number of nitrogens with two attached hydrogens (primary N) is 1. The molecular weight excluding hydrogens is 282 g/mol. The summed E-state index contributed by atoms with van der Waals surface area (Å²) in [5, 5.41) is 19.2. The fourth-order valence-corrected chi connectivity index (χ4v) is 2.15. The Kier molecular flexibility index (Phi) is 3.39. The number of nitro benzene ring substituents is 1. The van der Waals surface area contributed by atoms with Gasteiger partial charge in [-0.3, -0.25) is 10.1 Å². The van der Waals surface area contributed by atoms with Crippen molar-refractivity contribution in [1.29, 1.82) is 0 Å². The van der Waals surface area contributed by atoms with Gasteiger partial charge in [0.05, 0.1) is 10.6 Å². The van der Waals surface area contributed by atoms with Crippen molar-refractivity contribution in [3.63, 3.8) is 0 Å². The summed E-state index contributed by atoms with van der Waals surface area (Å²) in [4.78, 5) is 10.7. The third-order valence-electron chi connectivity index (χ3n) is 2.77. The van der Waals surface area contributed by atoms with Crippen molar-refractivity contribution in [2.75, 3.05) is 5.73 Å². The monoisotopic (exact) mass is 295 g/mol. The van der Waals surface area contributed by atoms with Gasteiger partial charge in [0.15, 0.2) is 5.82 Å². The third kappa shape index (κ3) is 2.44. The van der Waals surface area contributed by atoms with E-state index in [0.717, 1.165) is 0 Å². The van der Waals surface area contributed by atoms with E-state index in [9.17, 15) is 10.1 Å². The van der Waals surface area contributed by atoms with Crippen molar-refractivity contribution in [3.8, 4) is 5.69 Å². The Balaban J connectivity index is 2.73. The summed E-state index contributed by atoms with van der Waals surface area (Å²) in [6.45, 7) is 5.79. The summed E-state index contributed by atoms with van der Waals surface area (Å²) >= 11 is 5.81. The van der Waals surface area contributed by atoms with Gasteiger partial charge in [0.25, 0.3) is 5.69 Å². The highest BCUT2D eigenvalue weighted by Crippen LogP contribution is 2.32. The van der Waals surface area contributed by atoms with Crippen molar-refractivity contribution in [2.24, 2.45) is 0 Å². The first kappa shape index (κ1) is 14.3. The molecule has 0 spiro atoms. The van der Waals surface area contributed by atoms with Crippen LogP contribution in [0.1, 0.15) is 26.5 Å². The lowest BCUT2D eigenvalue weighted by molar-refractivity contribution is -0.384. The average molecular weight is 296 g/mol. The first-order valence-electron chi connectivity index (χ1n) is 5.88. The predicted molar refractivity (Wildman–Crippen MR) is 76.1 cm³/mol. The maximum absolute atomic E-state index is 11.2. The van der Waals surface area contributed by atoms with Crippen LogP contribution in [0.2, 0.25) is 5.02 Å². The number of anilines is 1. The lowest BCUT2D eigenvalue weighted by atomic mass is 9.91. The van der Waals surface area contributed by atoms with Gasteiger partial charge in [-0.15, -0.1) is 5.10 Å². The molecule has 1 heterocycles. The second kappa shape index (κ2) is 4.75. The van der Waals surface area contributed by atoms with Gasteiger partial charge in [-0.25, -0.2) is 4.68 Å². The average Bonchev–Trinajstić information content (AvgIpc) is 2.70. The second-order valence-corrected chi connectivity index (χ2v) is 5.81. The van der Waals surface area contributed by atoms with Gasteiger partial charge >= 0.3 is 0 Å². The molecule has 106 valence electrons. The van der Waals surface area contributed by atoms with Crippen LogP contribution < -0.4 is 5.73 Å². The van der Waals surface area contributed by atoms with Crippen molar-refractivity contribution < 1.29 is 4.92 Å². The normalized spacial score (nSPS) is 11.6. The first-order valence-corrected chi connectivity index (χ1v) is 6.25. The number of nitrogens with zero attached hydrogens (tertiary/aromatic N) is 4. The number of nitrogen functional groups attached to an aromatic ring is 1. The molecule has 0 saturated carbocycles. The van der Waals surface area contributed by atoms with Crippen molar-refractivity contribution >= 4 is 23.1 Å². The Labute approximate surface area is 120 Å². The molecular formula is C12H14ClN5O2. The van der Waals surface area contributed by atoms with Gasteiger partial charge in [-0.2, -0.15) is 0 Å². The van der Waals surface area contributed by atoms with E-state index in [4.69, 9.17) is 17.3 Å². The summed E-state index contributed by atoms with van der Waals surface area (Å²) in [7, 11) is 0. The highest BCUT2D eigenvalue weighted by Gasteiger charge is 2.28. The van der Waals surface area contributed by atoms with Crippen LogP contribution in [-0.2, 0) is 5.41 Å². The van der Waals surface area contributed by atoms with Crippen LogP contribution in [0.15, 0.2) is 18.2 Å². The first-order chi connectivity index (χ1) is 9.21. The SMILES string of the molecule is CC(C)(C)c1c(N)nnn1-c1ccc(Cl)cc1[N+](=O)[O-]. The predicted octanol–water partition coefficient (Wildman–Crippen LogP) is 2.71. The molecule has 1 aromatic carbocycles. The molecule has 0 atom stereocenters. The van der Waals surface area contributed by atoms with E-state index in [0.29, 0.717) is 5.69 Å². The zero-order valence-electron chi connectivity index (χ0n) is 11.3. The van der Waals surface area contributed by atoms with E-state index in [1.807, 2.05) is 20.8 Å². The smallest absolute Gasteiger partial charge is 0.296 e. The molecule has 20 heavy (non-hydrogen) atoms. The van der Waals surface area contributed by atoms with Crippen LogP contribution in [-0.4, -0.2) is 19.9 Å². The number of rotatable bonds is 2. The second-order valence-electron chi connectivity index (χ2n) is 5.38. The van der Waals surface area contributed by atoms with E-state index in [-0.39, 0.29) is 27.6 Å². The third-order valence-corrected chi connectivity index (χ3v) is 3.00. The van der Waals surface area contributed by atoms with E-state index >= 15 is 0 Å². The quantitative estimate of drug-likeness (QED) is 0.678. The van der Waals surface area contributed by atoms with Gasteiger partial charge in [-0.05, 0) is 12.1 Å². The molecule has 0 radical (unpaired) electrons. The molecule has 8 heteroatoms. The summed E-state index contributed by atoms with van der Waals surface area (Å²) in [6.07, 6.45) is 0. The van der Waals surface area contributed by atoms with E-state index < -0.39 is 4.92 Å². The number of aromatic nitrogens is 3. The molecule has 7 nitrogen and oxygen atoms in total. The van der Waals surface area contributed by atoms with E-state index in [1.54, 1.807) is 6.07 Å². The molecule has 0 saturated heterocycles. The molecule has 0 fully saturated rings. The Morgan fingerprint density at radius 3 is 2.60 bits per heavy atom. The van der Waals surface area contributed by atoms with E-state index in [2.05, 4.69) is 10.3 Å². The van der Waals surface area contributed by atoms with Gasteiger partial charge in [-0.1, -0.05) is 37.6 Å². The number of hydrogen-bond donors (Lipinski definition) is 1. The minimum atomic E-state index is -0.508. The largest absolute Gasteiger partial charge is 0.381 e. The Bertz CT molecular complexity index is 675. The van der Waals surface area contributed by atoms with Crippen LogP contribution in [0.3, 0.4) is 0 Å².